The molecule has 0 aromatic carbocycles. The second-order valence-electron chi connectivity index (χ2n) is 2.71. The summed E-state index contributed by atoms with van der Waals surface area (Å²) < 4.78 is -0.306. The molecule has 3 heteroatoms. The van der Waals surface area contributed by atoms with E-state index >= 15 is 0 Å². The van der Waals surface area contributed by atoms with Crippen LogP contribution in [-0.4, -0.2) is 17.1 Å². The van der Waals surface area contributed by atoms with Crippen LogP contribution >= 0.6 is 12.8 Å². The highest BCUT2D eigenvalue weighted by atomic mass is 32.1. The van der Waals surface area contributed by atoms with Crippen molar-refractivity contribution in [3.05, 3.63) is 5.21 Å². The smallest absolute Gasteiger partial charge is 0.0888 e. The molecular formula is C6H13NOS. The Morgan fingerprint density at radius 2 is 1.44 bits per heavy atom. The third-order valence-corrected chi connectivity index (χ3v) is 2.17. The first-order valence-electron chi connectivity index (χ1n) is 3.52. The molecule has 0 aliphatic carbocycles. The van der Waals surface area contributed by atoms with Gasteiger partial charge in [0.25, 0.3) is 0 Å². The van der Waals surface area contributed by atoms with Gasteiger partial charge in [0.2, 0.25) is 0 Å². The van der Waals surface area contributed by atoms with Crippen LogP contribution in [0.15, 0.2) is 0 Å². The van der Waals surface area contributed by atoms with E-state index in [1.54, 1.807) is 0 Å². The zero-order chi connectivity index (χ0) is 6.74. The summed E-state index contributed by atoms with van der Waals surface area (Å²) in [7, 11) is 0. The molecular weight excluding hydrogens is 134 g/mol. The van der Waals surface area contributed by atoms with Gasteiger partial charge >= 0.3 is 0 Å². The Labute approximate surface area is 61.6 Å². The number of hydroxylamine groups is 2. The highest BCUT2D eigenvalue weighted by Crippen LogP contribution is 2.18. The first-order chi connectivity index (χ1) is 4.21. The molecule has 2 nitrogen and oxygen atoms in total. The first kappa shape index (κ1) is 7.38. The van der Waals surface area contributed by atoms with Crippen LogP contribution < -0.4 is 0 Å². The van der Waals surface area contributed by atoms with E-state index in [1.165, 1.54) is 12.8 Å². The third-order valence-electron chi connectivity index (χ3n) is 1.77. The Morgan fingerprint density at radius 1 is 1.00 bits per heavy atom. The summed E-state index contributed by atoms with van der Waals surface area (Å²) in [5, 5.41) is 11.1. The van der Waals surface area contributed by atoms with Crippen molar-refractivity contribution in [2.45, 2.75) is 25.7 Å². The summed E-state index contributed by atoms with van der Waals surface area (Å²) in [6.07, 6.45) is 4.52. The van der Waals surface area contributed by atoms with Gasteiger partial charge in [-0.3, -0.25) is 0 Å². The summed E-state index contributed by atoms with van der Waals surface area (Å²) in [4.78, 5) is 0. The van der Waals surface area contributed by atoms with Crippen LogP contribution in [0.25, 0.3) is 0 Å². The molecule has 0 spiro atoms. The van der Waals surface area contributed by atoms with Gasteiger partial charge in [-0.05, 0) is 25.7 Å². The van der Waals surface area contributed by atoms with Gasteiger partial charge in [0.1, 0.15) is 0 Å². The molecule has 1 aliphatic rings. The van der Waals surface area contributed by atoms with Crippen LogP contribution in [0.3, 0.4) is 0 Å². The van der Waals surface area contributed by atoms with E-state index < -0.39 is 0 Å². The fourth-order valence-electron chi connectivity index (χ4n) is 1.18. The maximum atomic E-state index is 11.1. The van der Waals surface area contributed by atoms with Crippen molar-refractivity contribution in [3.8, 4) is 0 Å². The van der Waals surface area contributed by atoms with Crippen molar-refractivity contribution in [1.82, 2.24) is 0 Å². The fraction of sp³-hybridized carbons (Fsp3) is 1.00. The van der Waals surface area contributed by atoms with E-state index in [4.69, 9.17) is 0 Å². The van der Waals surface area contributed by atoms with Gasteiger partial charge in [-0.25, -0.2) is 0 Å². The van der Waals surface area contributed by atoms with Gasteiger partial charge < -0.3 is 9.26 Å². The maximum absolute atomic E-state index is 11.1. The van der Waals surface area contributed by atoms with Gasteiger partial charge in [0, 0.05) is 0 Å². The van der Waals surface area contributed by atoms with Crippen molar-refractivity contribution in [1.29, 1.82) is 0 Å². The van der Waals surface area contributed by atoms with Crippen LogP contribution in [0, 0.1) is 5.21 Å². The lowest BCUT2D eigenvalue weighted by molar-refractivity contribution is -0.736. The summed E-state index contributed by atoms with van der Waals surface area (Å²) in [6.45, 7) is 1.40. The lowest BCUT2D eigenvalue weighted by Gasteiger charge is -2.34. The van der Waals surface area contributed by atoms with Crippen molar-refractivity contribution < 1.29 is 4.05 Å². The molecule has 1 saturated heterocycles. The molecule has 54 valence electrons. The van der Waals surface area contributed by atoms with Crippen molar-refractivity contribution >= 4 is 12.8 Å². The van der Waals surface area contributed by atoms with Gasteiger partial charge in [0.15, 0.2) is 0 Å². The average molecular weight is 147 g/mol. The number of hydrogen-bond donors (Lipinski definition) is 1. The predicted octanol–water partition coefficient (Wildman–Crippen LogP) is 1.72. The molecule has 0 N–H and O–H groups in total. The molecule has 9 heavy (non-hydrogen) atoms. The molecule has 0 aromatic rings. The van der Waals surface area contributed by atoms with E-state index in [2.05, 4.69) is 12.8 Å². The van der Waals surface area contributed by atoms with Gasteiger partial charge in [-0.1, -0.05) is 0 Å². The summed E-state index contributed by atoms with van der Waals surface area (Å²) in [6, 6.07) is 0. The van der Waals surface area contributed by atoms with Crippen LogP contribution in [0.4, 0.5) is 0 Å². The van der Waals surface area contributed by atoms with E-state index in [9.17, 15) is 5.21 Å². The SMILES string of the molecule is [O-][N+]1(S)CCCCCC1. The number of thiol groups is 1. The Hall–Kier alpha value is 0.270. The highest BCUT2D eigenvalue weighted by Gasteiger charge is 2.14. The zero-order valence-electron chi connectivity index (χ0n) is 5.55. The van der Waals surface area contributed by atoms with Gasteiger partial charge in [-0.2, -0.15) is 0 Å². The molecule has 0 amide bonds. The fourth-order valence-corrected chi connectivity index (χ4v) is 1.47. The van der Waals surface area contributed by atoms with Crippen LogP contribution in [0.2, 0.25) is 0 Å². The van der Waals surface area contributed by atoms with Crippen LogP contribution in [-0.2, 0) is 0 Å². The number of hydrogen-bond acceptors (Lipinski definition) is 2. The van der Waals surface area contributed by atoms with E-state index in [0.717, 1.165) is 12.8 Å². The molecule has 0 unspecified atom stereocenters. The van der Waals surface area contributed by atoms with Crippen molar-refractivity contribution in [2.75, 3.05) is 13.1 Å². The summed E-state index contributed by atoms with van der Waals surface area (Å²) >= 11 is 3.97. The number of quaternary nitrogens is 1. The lowest BCUT2D eigenvalue weighted by atomic mass is 10.2. The molecule has 0 aromatic heterocycles. The maximum Gasteiger partial charge on any atom is 0.0888 e. The highest BCUT2D eigenvalue weighted by molar-refractivity contribution is 7.74. The third kappa shape index (κ3) is 2.56. The van der Waals surface area contributed by atoms with Gasteiger partial charge in [0.05, 0.1) is 25.9 Å². The Balaban J connectivity index is 2.36. The Morgan fingerprint density at radius 3 is 1.89 bits per heavy atom. The molecule has 0 bridgehead atoms. The Kier molecular flexibility index (Phi) is 2.38. The van der Waals surface area contributed by atoms with Gasteiger partial charge in [-0.15, -0.1) is 0 Å². The van der Waals surface area contributed by atoms with E-state index in [0.29, 0.717) is 13.1 Å². The summed E-state index contributed by atoms with van der Waals surface area (Å²) in [5.41, 5.74) is 0. The largest absolute Gasteiger partial charge is 0.620 e. The van der Waals surface area contributed by atoms with E-state index in [1.807, 2.05) is 0 Å². The minimum Gasteiger partial charge on any atom is -0.620 e. The minimum atomic E-state index is -0.306. The average Bonchev–Trinajstić information content (AvgIpc) is 1.92. The number of rotatable bonds is 0. The molecule has 0 atom stereocenters. The Bertz CT molecular complexity index is 85.1. The van der Waals surface area contributed by atoms with Crippen molar-refractivity contribution in [2.24, 2.45) is 0 Å². The molecule has 1 rings (SSSR count). The quantitative estimate of drug-likeness (QED) is 0.315. The molecule has 1 aliphatic heterocycles. The van der Waals surface area contributed by atoms with Crippen LogP contribution in [0.1, 0.15) is 25.7 Å². The lowest BCUT2D eigenvalue weighted by Crippen LogP contribution is -2.31. The minimum absolute atomic E-state index is 0.306. The molecule has 0 saturated carbocycles. The topological polar surface area (TPSA) is 23.1 Å². The van der Waals surface area contributed by atoms with Crippen LogP contribution in [0.5, 0.6) is 0 Å². The first-order valence-corrected chi connectivity index (χ1v) is 3.92. The monoisotopic (exact) mass is 147 g/mol. The molecule has 1 fully saturated rings. The molecule has 1 heterocycles. The van der Waals surface area contributed by atoms with E-state index in [-0.39, 0.29) is 4.05 Å². The normalized spacial score (nSPS) is 27.3. The standard InChI is InChI=1S/C6H13NOS/c8-7(9)5-3-1-2-4-6-7/h9H,1-6H2. The zero-order valence-corrected chi connectivity index (χ0v) is 6.44. The second-order valence-corrected chi connectivity index (χ2v) is 3.44. The summed E-state index contributed by atoms with van der Waals surface area (Å²) in [5.74, 6) is 0. The predicted molar refractivity (Wildman–Crippen MR) is 40.8 cm³/mol. The number of nitrogens with zero attached hydrogens (tertiary/aromatic N) is 1. The second kappa shape index (κ2) is 2.90. The van der Waals surface area contributed by atoms with Crippen molar-refractivity contribution in [3.63, 3.8) is 0 Å². The molecule has 0 radical (unpaired) electrons.